The van der Waals surface area contributed by atoms with Crippen molar-refractivity contribution in [2.45, 2.75) is 38.3 Å². The number of hydrogen-bond acceptors (Lipinski definition) is 7. The molecular weight excluding hydrogens is 388 g/mol. The molecule has 1 aliphatic heterocycles. The Kier molecular flexibility index (Phi) is 6.35. The quantitative estimate of drug-likeness (QED) is 0.673. The number of hydrogen-bond donors (Lipinski definition) is 0. The molecule has 2 atom stereocenters. The number of carbonyl (C=O) groups excluding carboxylic acids is 2. The molecule has 0 spiro atoms. The molecule has 11 heteroatoms. The van der Waals surface area contributed by atoms with Crippen LogP contribution < -0.4 is 4.74 Å². The molecule has 0 saturated carbocycles. The van der Waals surface area contributed by atoms with E-state index in [9.17, 15) is 18.4 Å². The van der Waals surface area contributed by atoms with Crippen LogP contribution in [0.4, 0.5) is 8.78 Å². The average Bonchev–Trinajstić information content (AvgIpc) is 3.22. The van der Waals surface area contributed by atoms with Gasteiger partial charge in [0, 0.05) is 18.8 Å². The Morgan fingerprint density at radius 2 is 2.14 bits per heavy atom. The SMILES string of the molecule is COC(=O)c1cnn([C@@H]2CC[C@@H](C)N(C(=O)c3cccnc3OCC(F)F)C2)n1. The smallest absolute Gasteiger partial charge is 0.360 e. The molecule has 9 nitrogen and oxygen atoms in total. The van der Waals surface area contributed by atoms with Crippen molar-refractivity contribution in [3.63, 3.8) is 0 Å². The van der Waals surface area contributed by atoms with Crippen LogP contribution in [0, 0.1) is 0 Å². The molecule has 1 aliphatic rings. The highest BCUT2D eigenvalue weighted by Crippen LogP contribution is 2.28. The predicted octanol–water partition coefficient (Wildman–Crippen LogP) is 1.97. The van der Waals surface area contributed by atoms with E-state index in [1.807, 2.05) is 6.92 Å². The molecule has 2 aromatic heterocycles. The van der Waals surface area contributed by atoms with E-state index in [1.54, 1.807) is 11.0 Å². The van der Waals surface area contributed by atoms with Gasteiger partial charge in [0.15, 0.2) is 12.3 Å². The van der Waals surface area contributed by atoms with E-state index in [0.29, 0.717) is 19.4 Å². The van der Waals surface area contributed by atoms with Crippen molar-refractivity contribution in [2.75, 3.05) is 20.3 Å². The Hall–Kier alpha value is -3.11. The van der Waals surface area contributed by atoms with E-state index in [-0.39, 0.29) is 35.1 Å². The minimum atomic E-state index is -2.67. The fourth-order valence-electron chi connectivity index (χ4n) is 3.17. The molecule has 3 heterocycles. The Bertz CT molecular complexity index is 875. The van der Waals surface area contributed by atoms with Crippen LogP contribution in [0.15, 0.2) is 24.5 Å². The van der Waals surface area contributed by atoms with Gasteiger partial charge in [-0.15, -0.1) is 5.10 Å². The van der Waals surface area contributed by atoms with Crippen LogP contribution in [0.25, 0.3) is 0 Å². The number of piperidine rings is 1. The van der Waals surface area contributed by atoms with Gasteiger partial charge >= 0.3 is 5.97 Å². The number of methoxy groups -OCH3 is 1. The third kappa shape index (κ3) is 4.66. The number of rotatable bonds is 6. The number of alkyl halides is 2. The minimum absolute atomic E-state index is 0.0824. The lowest BCUT2D eigenvalue weighted by molar-refractivity contribution is 0.0519. The van der Waals surface area contributed by atoms with Crippen molar-refractivity contribution in [2.24, 2.45) is 0 Å². The molecule has 1 amide bonds. The maximum atomic E-state index is 13.1. The first kappa shape index (κ1) is 20.6. The van der Waals surface area contributed by atoms with E-state index in [4.69, 9.17) is 4.74 Å². The Labute approximate surface area is 165 Å². The maximum Gasteiger partial charge on any atom is 0.360 e. The van der Waals surface area contributed by atoms with E-state index < -0.39 is 19.0 Å². The van der Waals surface area contributed by atoms with Crippen LogP contribution >= 0.6 is 0 Å². The van der Waals surface area contributed by atoms with Crippen LogP contribution in [0.1, 0.15) is 46.7 Å². The summed E-state index contributed by atoms with van der Waals surface area (Å²) < 4.78 is 34.6. The molecular formula is C18H21F2N5O4. The van der Waals surface area contributed by atoms with Crippen molar-refractivity contribution >= 4 is 11.9 Å². The van der Waals surface area contributed by atoms with Gasteiger partial charge in [-0.25, -0.2) is 18.6 Å². The van der Waals surface area contributed by atoms with E-state index >= 15 is 0 Å². The average molecular weight is 409 g/mol. The molecule has 0 unspecified atom stereocenters. The van der Waals surface area contributed by atoms with E-state index in [2.05, 4.69) is 19.9 Å². The lowest BCUT2D eigenvalue weighted by Gasteiger charge is -2.37. The zero-order valence-electron chi connectivity index (χ0n) is 16.0. The molecule has 0 radical (unpaired) electrons. The Morgan fingerprint density at radius 3 is 2.86 bits per heavy atom. The second-order valence-electron chi connectivity index (χ2n) is 6.64. The number of carbonyl (C=O) groups is 2. The first-order valence-electron chi connectivity index (χ1n) is 9.07. The highest BCUT2D eigenvalue weighted by molar-refractivity contribution is 5.96. The summed E-state index contributed by atoms with van der Waals surface area (Å²) in [6.07, 6.45) is 1.41. The summed E-state index contributed by atoms with van der Waals surface area (Å²) in [6, 6.07) is 2.72. The number of likely N-dealkylation sites (tertiary alicyclic amines) is 1. The van der Waals surface area contributed by atoms with Crippen LogP contribution in [0.5, 0.6) is 5.88 Å². The third-order valence-electron chi connectivity index (χ3n) is 4.70. The second kappa shape index (κ2) is 8.93. The molecule has 1 saturated heterocycles. The molecule has 29 heavy (non-hydrogen) atoms. The normalized spacial score (nSPS) is 19.3. The molecule has 0 N–H and O–H groups in total. The standard InChI is InChI=1S/C18H21F2N5O4/c1-11-5-6-12(25-22-8-14(23-25)18(27)28-2)9-24(11)17(26)13-4-3-7-21-16(13)29-10-15(19)20/h3-4,7-8,11-12,15H,5-6,9-10H2,1-2H3/t11-,12-/m1/s1. The fraction of sp³-hybridized carbons (Fsp3) is 0.500. The predicted molar refractivity (Wildman–Crippen MR) is 95.9 cm³/mol. The Morgan fingerprint density at radius 1 is 1.34 bits per heavy atom. The molecule has 0 aromatic carbocycles. The number of pyridine rings is 1. The lowest BCUT2D eigenvalue weighted by Crippen LogP contribution is -2.46. The van der Waals surface area contributed by atoms with Crippen molar-refractivity contribution in [3.8, 4) is 5.88 Å². The topological polar surface area (TPSA) is 99.4 Å². The Balaban J connectivity index is 1.78. The summed E-state index contributed by atoms with van der Waals surface area (Å²) >= 11 is 0. The van der Waals surface area contributed by atoms with Gasteiger partial charge in [-0.1, -0.05) is 0 Å². The molecule has 156 valence electrons. The number of nitrogens with zero attached hydrogens (tertiary/aromatic N) is 5. The first-order chi connectivity index (χ1) is 13.9. The van der Waals surface area contributed by atoms with E-state index in [1.165, 1.54) is 30.4 Å². The highest BCUT2D eigenvalue weighted by atomic mass is 19.3. The van der Waals surface area contributed by atoms with Crippen molar-refractivity contribution in [1.82, 2.24) is 24.9 Å². The molecule has 1 fully saturated rings. The number of aromatic nitrogens is 4. The molecule has 0 bridgehead atoms. The van der Waals surface area contributed by atoms with Crippen LogP contribution in [-0.4, -0.2) is 69.5 Å². The second-order valence-corrected chi connectivity index (χ2v) is 6.64. The maximum absolute atomic E-state index is 13.1. The molecule has 3 rings (SSSR count). The summed E-state index contributed by atoms with van der Waals surface area (Å²) in [5, 5.41) is 8.25. The van der Waals surface area contributed by atoms with Gasteiger partial charge in [0.25, 0.3) is 12.3 Å². The lowest BCUT2D eigenvalue weighted by atomic mass is 9.98. The first-order valence-corrected chi connectivity index (χ1v) is 9.07. The van der Waals surface area contributed by atoms with Crippen LogP contribution in [0.3, 0.4) is 0 Å². The van der Waals surface area contributed by atoms with Gasteiger partial charge in [-0.05, 0) is 31.9 Å². The van der Waals surface area contributed by atoms with Crippen LogP contribution in [0.2, 0.25) is 0 Å². The number of halogens is 2. The number of ether oxygens (including phenoxy) is 2. The number of amides is 1. The largest absolute Gasteiger partial charge is 0.471 e. The summed E-state index contributed by atoms with van der Waals surface area (Å²) in [5.74, 6) is -1.10. The fourth-order valence-corrected chi connectivity index (χ4v) is 3.17. The number of esters is 1. The molecule has 2 aromatic rings. The summed E-state index contributed by atoms with van der Waals surface area (Å²) in [7, 11) is 1.26. The summed E-state index contributed by atoms with van der Waals surface area (Å²) in [6.45, 7) is 1.35. The monoisotopic (exact) mass is 409 g/mol. The van der Waals surface area contributed by atoms with Gasteiger partial charge in [0.05, 0.1) is 19.3 Å². The van der Waals surface area contributed by atoms with Gasteiger partial charge < -0.3 is 14.4 Å². The van der Waals surface area contributed by atoms with Crippen molar-refractivity contribution in [1.29, 1.82) is 0 Å². The summed E-state index contributed by atoms with van der Waals surface area (Å²) in [4.78, 5) is 31.6. The van der Waals surface area contributed by atoms with Gasteiger partial charge in [-0.3, -0.25) is 4.79 Å². The molecule has 0 aliphatic carbocycles. The third-order valence-corrected chi connectivity index (χ3v) is 4.70. The minimum Gasteiger partial charge on any atom is -0.471 e. The van der Waals surface area contributed by atoms with Crippen molar-refractivity contribution in [3.05, 3.63) is 35.8 Å². The summed E-state index contributed by atoms with van der Waals surface area (Å²) in [5.41, 5.74) is 0.197. The van der Waals surface area contributed by atoms with Gasteiger partial charge in [-0.2, -0.15) is 9.90 Å². The van der Waals surface area contributed by atoms with E-state index in [0.717, 1.165) is 0 Å². The zero-order chi connectivity index (χ0) is 21.0. The van der Waals surface area contributed by atoms with Gasteiger partial charge in [0.2, 0.25) is 5.88 Å². The van der Waals surface area contributed by atoms with Crippen LogP contribution in [-0.2, 0) is 4.74 Å². The zero-order valence-corrected chi connectivity index (χ0v) is 16.0. The highest BCUT2D eigenvalue weighted by Gasteiger charge is 2.33. The van der Waals surface area contributed by atoms with Gasteiger partial charge in [0.1, 0.15) is 5.56 Å². The van der Waals surface area contributed by atoms with Crippen molar-refractivity contribution < 1.29 is 27.8 Å².